The van der Waals surface area contributed by atoms with Gasteiger partial charge in [-0.25, -0.2) is 0 Å². The summed E-state index contributed by atoms with van der Waals surface area (Å²) in [4.78, 5) is 24.7. The van der Waals surface area contributed by atoms with Gasteiger partial charge in [0.2, 0.25) is 18.6 Å². The molecule has 0 saturated heterocycles. The van der Waals surface area contributed by atoms with E-state index in [1.54, 1.807) is 32.0 Å². The number of anilines is 1. The zero-order valence-corrected chi connectivity index (χ0v) is 13.9. The Balaban J connectivity index is 1.94. The number of hydrogen-bond donors (Lipinski definition) is 2. The normalized spacial score (nSPS) is 12.8. The molecule has 2 N–H and O–H groups in total. The molecule has 1 heterocycles. The number of benzene rings is 1. The number of amides is 2. The van der Waals surface area contributed by atoms with E-state index in [1.807, 2.05) is 0 Å². The molecule has 1 aliphatic rings. The van der Waals surface area contributed by atoms with Crippen molar-refractivity contribution in [1.29, 1.82) is 0 Å². The average molecular weight is 320 g/mol. The number of carbonyl (C=O) groups excluding carboxylic acids is 2. The molecule has 1 aromatic rings. The summed E-state index contributed by atoms with van der Waals surface area (Å²) in [5.74, 6) is 0.608. The van der Waals surface area contributed by atoms with Gasteiger partial charge in [0.1, 0.15) is 5.41 Å². The summed E-state index contributed by atoms with van der Waals surface area (Å²) in [7, 11) is 0. The second-order valence-corrected chi connectivity index (χ2v) is 6.11. The van der Waals surface area contributed by atoms with Crippen LogP contribution in [0.4, 0.5) is 5.69 Å². The molecule has 6 heteroatoms. The molecule has 1 aliphatic heterocycles. The summed E-state index contributed by atoms with van der Waals surface area (Å²) in [5, 5.41) is 5.58. The maximum atomic E-state index is 12.4. The Kier molecular flexibility index (Phi) is 5.47. The van der Waals surface area contributed by atoms with Crippen molar-refractivity contribution in [1.82, 2.24) is 5.32 Å². The minimum absolute atomic E-state index is 0.179. The van der Waals surface area contributed by atoms with Crippen LogP contribution in [0.25, 0.3) is 0 Å². The molecule has 0 radical (unpaired) electrons. The SMILES string of the molecule is CCCCCNC(=O)C(C)(C)C(=O)Nc1ccc2c(c1)OCO2. The van der Waals surface area contributed by atoms with Gasteiger partial charge < -0.3 is 20.1 Å². The number of rotatable bonds is 7. The highest BCUT2D eigenvalue weighted by Crippen LogP contribution is 2.34. The molecule has 0 aromatic heterocycles. The first kappa shape index (κ1) is 17.1. The molecule has 0 spiro atoms. The van der Waals surface area contributed by atoms with Crippen LogP contribution in [-0.4, -0.2) is 25.2 Å². The summed E-state index contributed by atoms with van der Waals surface area (Å²) >= 11 is 0. The van der Waals surface area contributed by atoms with Crippen molar-refractivity contribution in [3.63, 3.8) is 0 Å². The van der Waals surface area contributed by atoms with Crippen molar-refractivity contribution < 1.29 is 19.1 Å². The summed E-state index contributed by atoms with van der Waals surface area (Å²) in [6.07, 6.45) is 3.07. The Morgan fingerprint density at radius 1 is 1.13 bits per heavy atom. The fourth-order valence-electron chi connectivity index (χ4n) is 2.16. The number of hydrogen-bond acceptors (Lipinski definition) is 4. The predicted molar refractivity (Wildman–Crippen MR) is 87.5 cm³/mol. The quantitative estimate of drug-likeness (QED) is 0.598. The average Bonchev–Trinajstić information content (AvgIpc) is 2.98. The summed E-state index contributed by atoms with van der Waals surface area (Å²) in [6.45, 7) is 6.10. The molecule has 0 aliphatic carbocycles. The summed E-state index contributed by atoms with van der Waals surface area (Å²) in [5.41, 5.74) is -0.575. The molecule has 2 rings (SSSR count). The van der Waals surface area contributed by atoms with Crippen LogP contribution in [0.1, 0.15) is 40.0 Å². The first-order valence-corrected chi connectivity index (χ1v) is 7.94. The highest BCUT2D eigenvalue weighted by Gasteiger charge is 2.36. The van der Waals surface area contributed by atoms with Crippen molar-refractivity contribution in [2.75, 3.05) is 18.7 Å². The maximum absolute atomic E-state index is 12.4. The van der Waals surface area contributed by atoms with Gasteiger partial charge in [-0.2, -0.15) is 0 Å². The second-order valence-electron chi connectivity index (χ2n) is 6.11. The van der Waals surface area contributed by atoms with Gasteiger partial charge in [0.15, 0.2) is 11.5 Å². The first-order valence-electron chi connectivity index (χ1n) is 7.94. The fraction of sp³-hybridized carbons (Fsp3) is 0.529. The van der Waals surface area contributed by atoms with E-state index in [9.17, 15) is 9.59 Å². The van der Waals surface area contributed by atoms with Crippen molar-refractivity contribution >= 4 is 17.5 Å². The molecule has 23 heavy (non-hydrogen) atoms. The third-order valence-electron chi connectivity index (χ3n) is 3.83. The lowest BCUT2D eigenvalue weighted by atomic mass is 9.91. The molecular formula is C17H24N2O4. The van der Waals surface area contributed by atoms with Crippen LogP contribution in [0.3, 0.4) is 0 Å². The predicted octanol–water partition coefficient (Wildman–Crippen LogP) is 2.69. The molecule has 0 saturated carbocycles. The number of nitrogens with one attached hydrogen (secondary N) is 2. The topological polar surface area (TPSA) is 76.7 Å². The van der Waals surface area contributed by atoms with Gasteiger partial charge in [0, 0.05) is 18.3 Å². The largest absolute Gasteiger partial charge is 0.454 e. The Labute approximate surface area is 136 Å². The van der Waals surface area contributed by atoms with E-state index in [4.69, 9.17) is 9.47 Å². The van der Waals surface area contributed by atoms with Crippen LogP contribution >= 0.6 is 0 Å². The maximum Gasteiger partial charge on any atom is 0.239 e. The van der Waals surface area contributed by atoms with E-state index in [0.29, 0.717) is 23.7 Å². The lowest BCUT2D eigenvalue weighted by Crippen LogP contribution is -2.45. The van der Waals surface area contributed by atoms with E-state index < -0.39 is 5.41 Å². The summed E-state index contributed by atoms with van der Waals surface area (Å²) in [6, 6.07) is 5.14. The molecule has 0 atom stereocenters. The van der Waals surface area contributed by atoms with E-state index >= 15 is 0 Å². The van der Waals surface area contributed by atoms with E-state index in [0.717, 1.165) is 19.3 Å². The van der Waals surface area contributed by atoms with E-state index in [2.05, 4.69) is 17.6 Å². The van der Waals surface area contributed by atoms with Crippen molar-refractivity contribution in [3.8, 4) is 11.5 Å². The van der Waals surface area contributed by atoms with Crippen molar-refractivity contribution in [3.05, 3.63) is 18.2 Å². The van der Waals surface area contributed by atoms with E-state index in [-0.39, 0.29) is 18.6 Å². The Morgan fingerprint density at radius 2 is 1.87 bits per heavy atom. The molecular weight excluding hydrogens is 296 g/mol. The minimum Gasteiger partial charge on any atom is -0.454 e. The molecule has 0 fully saturated rings. The Hall–Kier alpha value is -2.24. The van der Waals surface area contributed by atoms with Crippen LogP contribution in [0.15, 0.2) is 18.2 Å². The third kappa shape index (κ3) is 4.15. The number of fused-ring (bicyclic) bond motifs is 1. The summed E-state index contributed by atoms with van der Waals surface area (Å²) < 4.78 is 10.5. The van der Waals surface area contributed by atoms with Gasteiger partial charge in [-0.05, 0) is 32.4 Å². The van der Waals surface area contributed by atoms with Crippen LogP contribution < -0.4 is 20.1 Å². The number of ether oxygens (including phenoxy) is 2. The van der Waals surface area contributed by atoms with Crippen LogP contribution in [-0.2, 0) is 9.59 Å². The van der Waals surface area contributed by atoms with Crippen LogP contribution in [0, 0.1) is 5.41 Å². The van der Waals surface area contributed by atoms with Crippen LogP contribution in [0.2, 0.25) is 0 Å². The van der Waals surface area contributed by atoms with Gasteiger partial charge >= 0.3 is 0 Å². The van der Waals surface area contributed by atoms with Crippen molar-refractivity contribution in [2.45, 2.75) is 40.0 Å². The van der Waals surface area contributed by atoms with Crippen molar-refractivity contribution in [2.24, 2.45) is 5.41 Å². The van der Waals surface area contributed by atoms with Gasteiger partial charge in [-0.15, -0.1) is 0 Å². The minimum atomic E-state index is -1.15. The number of carbonyl (C=O) groups is 2. The first-order chi connectivity index (χ1) is 10.9. The molecule has 126 valence electrons. The Bertz CT molecular complexity index is 584. The highest BCUT2D eigenvalue weighted by molar-refractivity contribution is 6.09. The molecule has 1 aromatic carbocycles. The third-order valence-corrected chi connectivity index (χ3v) is 3.83. The molecule has 2 amide bonds. The molecule has 0 unspecified atom stereocenters. The lowest BCUT2D eigenvalue weighted by molar-refractivity contribution is -0.138. The monoisotopic (exact) mass is 320 g/mol. The second kappa shape index (κ2) is 7.35. The standard InChI is InChI=1S/C17H24N2O4/c1-4-5-6-9-18-15(20)17(2,3)16(21)19-12-7-8-13-14(10-12)23-11-22-13/h7-8,10H,4-6,9,11H2,1-3H3,(H,18,20)(H,19,21). The molecule has 6 nitrogen and oxygen atoms in total. The molecule has 0 bridgehead atoms. The highest BCUT2D eigenvalue weighted by atomic mass is 16.7. The number of unbranched alkanes of at least 4 members (excludes halogenated alkanes) is 2. The smallest absolute Gasteiger partial charge is 0.239 e. The van der Waals surface area contributed by atoms with Gasteiger partial charge in [-0.3, -0.25) is 9.59 Å². The van der Waals surface area contributed by atoms with Gasteiger partial charge in [0.25, 0.3) is 0 Å². The van der Waals surface area contributed by atoms with Gasteiger partial charge in [0.05, 0.1) is 0 Å². The fourth-order valence-corrected chi connectivity index (χ4v) is 2.16. The Morgan fingerprint density at radius 3 is 2.61 bits per heavy atom. The van der Waals surface area contributed by atoms with Crippen LogP contribution in [0.5, 0.6) is 11.5 Å². The van der Waals surface area contributed by atoms with E-state index in [1.165, 1.54) is 0 Å². The zero-order valence-electron chi connectivity index (χ0n) is 13.9. The lowest BCUT2D eigenvalue weighted by Gasteiger charge is -2.22. The zero-order chi connectivity index (χ0) is 16.9. The van der Waals surface area contributed by atoms with Gasteiger partial charge in [-0.1, -0.05) is 19.8 Å².